The SMILES string of the molecule is CC(C)CCCCCCCCCCCCCC(=O)OC[C@@H](COC(=O)CCCCCCCCC(C)C)OC(=O)CCCCCCCCC(C)C. The van der Waals surface area contributed by atoms with Crippen LogP contribution in [0.15, 0.2) is 0 Å². The number of carbonyl (C=O) groups is 3. The predicted molar refractivity (Wildman–Crippen MR) is 210 cm³/mol. The molecule has 0 rings (SSSR count). The van der Waals surface area contributed by atoms with Crippen LogP contribution >= 0.6 is 0 Å². The van der Waals surface area contributed by atoms with Crippen molar-refractivity contribution >= 4 is 17.9 Å². The van der Waals surface area contributed by atoms with Gasteiger partial charge in [0, 0.05) is 19.3 Å². The lowest BCUT2D eigenvalue weighted by Gasteiger charge is -2.18. The summed E-state index contributed by atoms with van der Waals surface area (Å²) in [5.74, 6) is 1.47. The van der Waals surface area contributed by atoms with Gasteiger partial charge >= 0.3 is 17.9 Å². The summed E-state index contributed by atoms with van der Waals surface area (Å²) in [6.45, 7) is 13.5. The highest BCUT2D eigenvalue weighted by molar-refractivity contribution is 5.71. The van der Waals surface area contributed by atoms with Gasteiger partial charge in [-0.15, -0.1) is 0 Å². The smallest absolute Gasteiger partial charge is 0.306 e. The number of esters is 3. The quantitative estimate of drug-likeness (QED) is 0.0363. The van der Waals surface area contributed by atoms with Crippen LogP contribution in [0, 0.1) is 17.8 Å². The lowest BCUT2D eigenvalue weighted by Crippen LogP contribution is -2.30. The minimum Gasteiger partial charge on any atom is -0.462 e. The monoisotopic (exact) mass is 709 g/mol. The second-order valence-corrected chi connectivity index (χ2v) is 16.4. The maximum absolute atomic E-state index is 12.6. The molecule has 0 saturated carbocycles. The van der Waals surface area contributed by atoms with Crippen molar-refractivity contribution in [2.24, 2.45) is 17.8 Å². The summed E-state index contributed by atoms with van der Waals surface area (Å²) in [6, 6.07) is 0. The summed E-state index contributed by atoms with van der Waals surface area (Å²) < 4.78 is 16.6. The normalized spacial score (nSPS) is 12.2. The van der Waals surface area contributed by atoms with E-state index in [1.165, 1.54) is 109 Å². The molecule has 6 nitrogen and oxygen atoms in total. The molecule has 0 bridgehead atoms. The van der Waals surface area contributed by atoms with Crippen molar-refractivity contribution in [1.82, 2.24) is 0 Å². The van der Waals surface area contributed by atoms with Gasteiger partial charge in [0.25, 0.3) is 0 Å². The Bertz CT molecular complexity index is 776. The van der Waals surface area contributed by atoms with Gasteiger partial charge in [-0.1, -0.05) is 189 Å². The van der Waals surface area contributed by atoms with Crippen LogP contribution in [0.5, 0.6) is 0 Å². The molecule has 0 aliphatic heterocycles. The molecule has 1 atom stereocenters. The highest BCUT2D eigenvalue weighted by Crippen LogP contribution is 2.16. The number of ether oxygens (including phenoxy) is 3. The van der Waals surface area contributed by atoms with Crippen LogP contribution in [-0.4, -0.2) is 37.2 Å². The zero-order valence-electron chi connectivity index (χ0n) is 34.2. The maximum atomic E-state index is 12.6. The first-order valence-electron chi connectivity index (χ1n) is 21.6. The first kappa shape index (κ1) is 48.4. The number of carbonyl (C=O) groups excluding carboxylic acids is 3. The Balaban J connectivity index is 4.31. The highest BCUT2D eigenvalue weighted by Gasteiger charge is 2.19. The molecule has 0 aliphatic rings. The van der Waals surface area contributed by atoms with E-state index in [0.29, 0.717) is 19.3 Å². The van der Waals surface area contributed by atoms with Crippen molar-refractivity contribution in [3.8, 4) is 0 Å². The Morgan fingerprint density at radius 2 is 0.580 bits per heavy atom. The molecule has 0 fully saturated rings. The van der Waals surface area contributed by atoms with Gasteiger partial charge in [-0.2, -0.15) is 0 Å². The maximum Gasteiger partial charge on any atom is 0.306 e. The van der Waals surface area contributed by atoms with Crippen molar-refractivity contribution in [1.29, 1.82) is 0 Å². The molecular formula is C44H84O6. The third-order valence-corrected chi connectivity index (χ3v) is 9.65. The Morgan fingerprint density at radius 3 is 0.860 bits per heavy atom. The van der Waals surface area contributed by atoms with E-state index >= 15 is 0 Å². The van der Waals surface area contributed by atoms with E-state index in [1.54, 1.807) is 0 Å². The molecule has 296 valence electrons. The molecule has 0 aromatic rings. The van der Waals surface area contributed by atoms with Gasteiger partial charge in [-0.25, -0.2) is 0 Å². The molecule has 0 radical (unpaired) electrons. The molecule has 6 heteroatoms. The summed E-state index contributed by atoms with van der Waals surface area (Å²) in [5, 5.41) is 0. The summed E-state index contributed by atoms with van der Waals surface area (Å²) in [4.78, 5) is 37.5. The van der Waals surface area contributed by atoms with Gasteiger partial charge < -0.3 is 14.2 Å². The number of rotatable bonds is 37. The van der Waals surface area contributed by atoms with E-state index in [9.17, 15) is 14.4 Å². The Labute approximate surface area is 310 Å². The van der Waals surface area contributed by atoms with Gasteiger partial charge in [0.1, 0.15) is 13.2 Å². The van der Waals surface area contributed by atoms with Crippen LogP contribution in [0.1, 0.15) is 228 Å². The van der Waals surface area contributed by atoms with E-state index in [2.05, 4.69) is 41.5 Å². The van der Waals surface area contributed by atoms with E-state index in [0.717, 1.165) is 75.5 Å². The van der Waals surface area contributed by atoms with E-state index < -0.39 is 6.10 Å². The third kappa shape index (κ3) is 37.7. The van der Waals surface area contributed by atoms with Gasteiger partial charge in [-0.05, 0) is 37.0 Å². The highest BCUT2D eigenvalue weighted by atomic mass is 16.6. The molecule has 0 aromatic heterocycles. The predicted octanol–water partition coefficient (Wildman–Crippen LogP) is 13.3. The van der Waals surface area contributed by atoms with E-state index in [4.69, 9.17) is 14.2 Å². The fourth-order valence-corrected chi connectivity index (χ4v) is 6.35. The molecule has 0 aliphatic carbocycles. The van der Waals surface area contributed by atoms with E-state index in [-0.39, 0.29) is 31.1 Å². The van der Waals surface area contributed by atoms with Gasteiger partial charge in [0.2, 0.25) is 0 Å². The van der Waals surface area contributed by atoms with Crippen molar-refractivity contribution in [3.05, 3.63) is 0 Å². The lowest BCUT2D eigenvalue weighted by atomic mass is 10.0. The van der Waals surface area contributed by atoms with Gasteiger partial charge in [-0.3, -0.25) is 14.4 Å². The molecule has 0 unspecified atom stereocenters. The summed E-state index contributed by atoms with van der Waals surface area (Å²) in [7, 11) is 0. The third-order valence-electron chi connectivity index (χ3n) is 9.65. The fourth-order valence-electron chi connectivity index (χ4n) is 6.35. The number of unbranched alkanes of at least 4 members (excludes halogenated alkanes) is 20. The lowest BCUT2D eigenvalue weighted by molar-refractivity contribution is -0.167. The molecule has 0 amide bonds. The molecule has 0 heterocycles. The van der Waals surface area contributed by atoms with Crippen molar-refractivity contribution in [2.45, 2.75) is 234 Å². The minimum atomic E-state index is -0.761. The summed E-state index contributed by atoms with van der Waals surface area (Å²) >= 11 is 0. The zero-order valence-corrected chi connectivity index (χ0v) is 34.2. The second kappa shape index (κ2) is 35.8. The van der Waals surface area contributed by atoms with Crippen LogP contribution < -0.4 is 0 Å². The molecule has 0 spiro atoms. The van der Waals surface area contributed by atoms with Crippen LogP contribution in [0.3, 0.4) is 0 Å². The Kier molecular flexibility index (Phi) is 34.7. The molecule has 0 aromatic carbocycles. The van der Waals surface area contributed by atoms with Crippen LogP contribution in [0.25, 0.3) is 0 Å². The minimum absolute atomic E-state index is 0.0679. The zero-order chi connectivity index (χ0) is 37.1. The summed E-state index contributed by atoms with van der Waals surface area (Å²) in [5.41, 5.74) is 0. The topological polar surface area (TPSA) is 78.9 Å². The van der Waals surface area contributed by atoms with Crippen LogP contribution in [0.4, 0.5) is 0 Å². The average Bonchev–Trinajstić information content (AvgIpc) is 3.06. The standard InChI is InChI=1S/C44H84O6/c1-38(2)30-24-18-12-10-8-7-9-11-13-21-27-33-42(45)48-36-41(50-44(47)35-29-23-17-15-20-26-32-40(5)6)37-49-43(46)34-28-22-16-14-19-25-31-39(3)4/h38-41H,7-37H2,1-6H3/t41-/m0/s1. The van der Waals surface area contributed by atoms with Crippen LogP contribution in [-0.2, 0) is 28.6 Å². The summed E-state index contributed by atoms with van der Waals surface area (Å²) in [6.07, 6.45) is 31.2. The average molecular weight is 709 g/mol. The van der Waals surface area contributed by atoms with Crippen LogP contribution in [0.2, 0.25) is 0 Å². The second-order valence-electron chi connectivity index (χ2n) is 16.4. The van der Waals surface area contributed by atoms with Gasteiger partial charge in [0.15, 0.2) is 6.10 Å². The Hall–Kier alpha value is -1.59. The molecule has 0 saturated heterocycles. The van der Waals surface area contributed by atoms with Crippen molar-refractivity contribution in [2.75, 3.05) is 13.2 Å². The Morgan fingerprint density at radius 1 is 0.340 bits per heavy atom. The number of hydrogen-bond acceptors (Lipinski definition) is 6. The molecule has 50 heavy (non-hydrogen) atoms. The molecular weight excluding hydrogens is 624 g/mol. The van der Waals surface area contributed by atoms with E-state index in [1.807, 2.05) is 0 Å². The van der Waals surface area contributed by atoms with Gasteiger partial charge in [0.05, 0.1) is 0 Å². The first-order chi connectivity index (χ1) is 24.1. The molecule has 0 N–H and O–H groups in total. The first-order valence-corrected chi connectivity index (χ1v) is 21.6. The fraction of sp³-hybridized carbons (Fsp3) is 0.932. The van der Waals surface area contributed by atoms with Crippen molar-refractivity contribution < 1.29 is 28.6 Å². The van der Waals surface area contributed by atoms with Crippen molar-refractivity contribution in [3.63, 3.8) is 0 Å². The number of hydrogen-bond donors (Lipinski definition) is 0. The largest absolute Gasteiger partial charge is 0.462 e.